The van der Waals surface area contributed by atoms with Gasteiger partial charge >= 0.3 is 5.97 Å². The van der Waals surface area contributed by atoms with Gasteiger partial charge in [0.15, 0.2) is 0 Å². The van der Waals surface area contributed by atoms with Crippen LogP contribution in [0.25, 0.3) is 0 Å². The van der Waals surface area contributed by atoms with Gasteiger partial charge in [0, 0.05) is 5.56 Å². The van der Waals surface area contributed by atoms with Crippen LogP contribution in [0.15, 0.2) is 18.2 Å². The van der Waals surface area contributed by atoms with Gasteiger partial charge in [-0.15, -0.1) is 0 Å². The van der Waals surface area contributed by atoms with Crippen LogP contribution in [0, 0.1) is 29.1 Å². The fraction of sp³-hybridized carbons (Fsp3) is 0.545. The number of rotatable bonds is 4. The van der Waals surface area contributed by atoms with E-state index in [9.17, 15) is 18.8 Å². The summed E-state index contributed by atoms with van der Waals surface area (Å²) in [6, 6.07) is 6.12. The molecule has 1 aromatic carbocycles. The zero-order valence-corrected chi connectivity index (χ0v) is 17.3. The summed E-state index contributed by atoms with van der Waals surface area (Å²) in [6.07, 6.45) is -0.0226. The minimum atomic E-state index is -1.16. The van der Waals surface area contributed by atoms with Crippen LogP contribution in [-0.4, -0.2) is 35.1 Å². The summed E-state index contributed by atoms with van der Waals surface area (Å²) < 4.78 is 24.9. The largest absolute Gasteiger partial charge is 0.463 e. The van der Waals surface area contributed by atoms with Crippen molar-refractivity contribution in [2.24, 2.45) is 17.8 Å². The SMILES string of the molecule is CC(C)OC(=O)[C@@H]1CC2(C)OC1(C)[C@@H]1C(=O)N(c3ccc(C#N)c(CF)c3)C(=O)[C@@H]12. The summed E-state index contributed by atoms with van der Waals surface area (Å²) in [5.74, 6) is -3.58. The standard InChI is InChI=1S/C22H23FN2O5/c1-11(2)29-20(28)15-8-21(3)16-17(22(15,4)30-21)19(27)25(18(16)26)14-6-5-12(10-24)13(7-14)9-23/h5-7,11,15-17H,8-9H2,1-4H3/t15-,16+,17-,21?,22?/m0/s1. The average Bonchev–Trinajstić information content (AvgIpc) is 3.21. The van der Waals surface area contributed by atoms with Crippen LogP contribution in [0.4, 0.5) is 10.1 Å². The number of ether oxygens (including phenoxy) is 2. The van der Waals surface area contributed by atoms with Crippen LogP contribution in [-0.2, 0) is 30.5 Å². The van der Waals surface area contributed by atoms with Gasteiger partial charge in [-0.3, -0.25) is 14.4 Å². The second kappa shape index (κ2) is 6.61. The lowest BCUT2D eigenvalue weighted by Crippen LogP contribution is -2.49. The molecule has 1 aromatic rings. The third-order valence-electron chi connectivity index (χ3n) is 6.58. The quantitative estimate of drug-likeness (QED) is 0.555. The third-order valence-corrected chi connectivity index (χ3v) is 6.58. The van der Waals surface area contributed by atoms with Gasteiger partial charge in [0.1, 0.15) is 6.67 Å². The summed E-state index contributed by atoms with van der Waals surface area (Å²) in [6.45, 7) is 6.05. The first-order chi connectivity index (χ1) is 14.1. The molecule has 8 heteroatoms. The Bertz CT molecular complexity index is 1000. The number of carbonyl (C=O) groups excluding carboxylic acids is 3. The maximum Gasteiger partial charge on any atom is 0.312 e. The van der Waals surface area contributed by atoms with Gasteiger partial charge in [-0.05, 0) is 52.3 Å². The van der Waals surface area contributed by atoms with E-state index >= 15 is 0 Å². The number of nitrogens with zero attached hydrogens (tertiary/aromatic N) is 2. The Morgan fingerprint density at radius 1 is 1.33 bits per heavy atom. The normalized spacial score (nSPS) is 34.4. The molecule has 3 heterocycles. The number of amides is 2. The van der Waals surface area contributed by atoms with Crippen molar-refractivity contribution in [3.05, 3.63) is 29.3 Å². The number of benzene rings is 1. The van der Waals surface area contributed by atoms with E-state index in [0.29, 0.717) is 0 Å². The molecule has 3 aliphatic heterocycles. The number of imide groups is 1. The number of alkyl halides is 1. The number of anilines is 1. The summed E-state index contributed by atoms with van der Waals surface area (Å²) in [4.78, 5) is 40.4. The number of hydrogen-bond acceptors (Lipinski definition) is 6. The number of fused-ring (bicyclic) bond motifs is 5. The highest BCUT2D eigenvalue weighted by molar-refractivity contribution is 6.23. The van der Waals surface area contributed by atoms with Gasteiger partial charge in [-0.25, -0.2) is 9.29 Å². The number of nitriles is 1. The van der Waals surface area contributed by atoms with Gasteiger partial charge in [-0.1, -0.05) is 0 Å². The molecule has 4 rings (SSSR count). The molecular formula is C22H23FN2O5. The van der Waals surface area contributed by atoms with Gasteiger partial charge in [0.25, 0.3) is 0 Å². The Labute approximate surface area is 173 Å². The van der Waals surface area contributed by atoms with Crippen LogP contribution in [0.5, 0.6) is 0 Å². The Balaban J connectivity index is 1.73. The van der Waals surface area contributed by atoms with E-state index < -0.39 is 53.4 Å². The molecule has 3 saturated heterocycles. The molecule has 2 amide bonds. The maximum absolute atomic E-state index is 13.4. The number of hydrogen-bond donors (Lipinski definition) is 0. The molecule has 0 aromatic heterocycles. The lowest BCUT2D eigenvalue weighted by molar-refractivity contribution is -0.160. The molecule has 3 fully saturated rings. The zero-order chi connectivity index (χ0) is 22.0. The molecule has 3 aliphatic rings. The first-order valence-corrected chi connectivity index (χ1v) is 9.95. The molecule has 2 bridgehead atoms. The van der Waals surface area contributed by atoms with E-state index in [1.165, 1.54) is 18.2 Å². The molecule has 0 radical (unpaired) electrons. The van der Waals surface area contributed by atoms with Crippen LogP contribution in [0.1, 0.15) is 45.2 Å². The van der Waals surface area contributed by atoms with Gasteiger partial charge in [-0.2, -0.15) is 5.26 Å². The third kappa shape index (κ3) is 2.61. The summed E-state index contributed by atoms with van der Waals surface area (Å²) >= 11 is 0. The van der Waals surface area contributed by atoms with Crippen LogP contribution < -0.4 is 4.90 Å². The lowest BCUT2D eigenvalue weighted by atomic mass is 9.64. The average molecular weight is 414 g/mol. The van der Waals surface area contributed by atoms with Gasteiger partial charge in [0.05, 0.1) is 52.4 Å². The summed E-state index contributed by atoms with van der Waals surface area (Å²) in [5.41, 5.74) is -1.65. The van der Waals surface area contributed by atoms with Gasteiger partial charge in [0.2, 0.25) is 11.8 Å². The van der Waals surface area contributed by atoms with Crippen molar-refractivity contribution in [1.82, 2.24) is 0 Å². The Kier molecular flexibility index (Phi) is 4.51. The summed E-state index contributed by atoms with van der Waals surface area (Å²) in [7, 11) is 0. The second-order valence-electron chi connectivity index (χ2n) is 8.90. The first-order valence-electron chi connectivity index (χ1n) is 9.95. The lowest BCUT2D eigenvalue weighted by Gasteiger charge is -2.34. The Morgan fingerprint density at radius 2 is 2.00 bits per heavy atom. The molecule has 0 aliphatic carbocycles. The predicted octanol–water partition coefficient (Wildman–Crippen LogP) is 2.65. The topological polar surface area (TPSA) is 96.7 Å². The Morgan fingerprint density at radius 3 is 2.60 bits per heavy atom. The smallest absolute Gasteiger partial charge is 0.312 e. The first kappa shape index (κ1) is 20.5. The van der Waals surface area contributed by atoms with Crippen molar-refractivity contribution < 1.29 is 28.2 Å². The van der Waals surface area contributed by atoms with Crippen molar-refractivity contribution in [3.8, 4) is 6.07 Å². The molecular weight excluding hydrogens is 391 g/mol. The van der Waals surface area contributed by atoms with Crippen molar-refractivity contribution in [1.29, 1.82) is 5.26 Å². The fourth-order valence-corrected chi connectivity index (χ4v) is 5.38. The van der Waals surface area contributed by atoms with Crippen LogP contribution in [0.2, 0.25) is 0 Å². The van der Waals surface area contributed by atoms with E-state index in [4.69, 9.17) is 14.7 Å². The number of carbonyl (C=O) groups is 3. The van der Waals surface area contributed by atoms with Crippen molar-refractivity contribution >= 4 is 23.5 Å². The number of halogens is 1. The molecule has 0 saturated carbocycles. The maximum atomic E-state index is 13.4. The molecule has 0 spiro atoms. The zero-order valence-electron chi connectivity index (χ0n) is 17.3. The molecule has 0 N–H and O–H groups in total. The second-order valence-corrected chi connectivity index (χ2v) is 8.90. The monoisotopic (exact) mass is 414 g/mol. The fourth-order valence-electron chi connectivity index (χ4n) is 5.38. The van der Waals surface area contributed by atoms with E-state index in [0.717, 1.165) is 4.90 Å². The molecule has 5 atom stereocenters. The van der Waals surface area contributed by atoms with E-state index in [2.05, 4.69) is 0 Å². The van der Waals surface area contributed by atoms with E-state index in [1.54, 1.807) is 27.7 Å². The van der Waals surface area contributed by atoms with Crippen molar-refractivity contribution in [2.45, 2.75) is 58.1 Å². The molecule has 30 heavy (non-hydrogen) atoms. The van der Waals surface area contributed by atoms with Crippen LogP contribution in [0.3, 0.4) is 0 Å². The highest BCUT2D eigenvalue weighted by Gasteiger charge is 2.77. The van der Waals surface area contributed by atoms with Crippen LogP contribution >= 0.6 is 0 Å². The van der Waals surface area contributed by atoms with E-state index in [1.807, 2.05) is 6.07 Å². The Hall–Kier alpha value is -2.79. The highest BCUT2D eigenvalue weighted by Crippen LogP contribution is 2.63. The minimum absolute atomic E-state index is 0.114. The van der Waals surface area contributed by atoms with E-state index in [-0.39, 0.29) is 29.3 Å². The highest BCUT2D eigenvalue weighted by atomic mass is 19.1. The van der Waals surface area contributed by atoms with Crippen molar-refractivity contribution in [2.75, 3.05) is 4.90 Å². The molecule has 7 nitrogen and oxygen atoms in total. The van der Waals surface area contributed by atoms with Gasteiger partial charge < -0.3 is 9.47 Å². The molecule has 2 unspecified atom stereocenters. The minimum Gasteiger partial charge on any atom is -0.463 e. The predicted molar refractivity (Wildman–Crippen MR) is 103 cm³/mol. The molecule has 158 valence electrons. The van der Waals surface area contributed by atoms with Crippen molar-refractivity contribution in [3.63, 3.8) is 0 Å². The number of esters is 1. The summed E-state index contributed by atoms with van der Waals surface area (Å²) in [5, 5.41) is 9.11.